The zero-order valence-corrected chi connectivity index (χ0v) is 8.26. The molecule has 0 fully saturated rings. The van der Waals surface area contributed by atoms with Gasteiger partial charge in [-0.25, -0.2) is 0 Å². The number of nitrogens with zero attached hydrogens (tertiary/aromatic N) is 1. The fraction of sp³-hybridized carbons (Fsp3) is 0.222. The second kappa shape index (κ2) is 4.69. The molecule has 1 amide bonds. The molecule has 0 saturated carbocycles. The largest absolute Gasteiger partial charge is 0.417 e. The smallest absolute Gasteiger partial charge is 0.339 e. The Morgan fingerprint density at radius 1 is 1.53 bits per heavy atom. The van der Waals surface area contributed by atoms with E-state index in [2.05, 4.69) is 0 Å². The molecule has 0 saturated heterocycles. The maximum absolute atomic E-state index is 12.5. The molecular formula is C9H6F3N3O2. The van der Waals surface area contributed by atoms with Crippen LogP contribution in [0.3, 0.4) is 0 Å². The lowest BCUT2D eigenvalue weighted by atomic mass is 10.1. The minimum absolute atomic E-state index is 0.293. The lowest BCUT2D eigenvalue weighted by molar-refractivity contribution is -0.138. The summed E-state index contributed by atoms with van der Waals surface area (Å²) >= 11 is 0. The van der Waals surface area contributed by atoms with Gasteiger partial charge in [-0.1, -0.05) is 0 Å². The Hall–Kier alpha value is -2.30. The van der Waals surface area contributed by atoms with E-state index in [-0.39, 0.29) is 0 Å². The Morgan fingerprint density at radius 3 is 2.71 bits per heavy atom. The van der Waals surface area contributed by atoms with Gasteiger partial charge >= 0.3 is 6.18 Å². The lowest BCUT2D eigenvalue weighted by Gasteiger charge is -2.10. The van der Waals surface area contributed by atoms with Gasteiger partial charge in [-0.2, -0.15) is 18.4 Å². The Balaban J connectivity index is 3.21. The van der Waals surface area contributed by atoms with Crippen molar-refractivity contribution >= 4 is 5.91 Å². The zero-order chi connectivity index (χ0) is 13.1. The van der Waals surface area contributed by atoms with Crippen LogP contribution in [-0.4, -0.2) is 17.4 Å². The van der Waals surface area contributed by atoms with Crippen LogP contribution in [0.15, 0.2) is 17.1 Å². The molecule has 0 aromatic carbocycles. The van der Waals surface area contributed by atoms with E-state index in [0.717, 1.165) is 0 Å². The van der Waals surface area contributed by atoms with Gasteiger partial charge in [0.2, 0.25) is 5.56 Å². The van der Waals surface area contributed by atoms with Crippen molar-refractivity contribution in [1.29, 1.82) is 5.26 Å². The van der Waals surface area contributed by atoms with Gasteiger partial charge in [-0.05, 0) is 0 Å². The zero-order valence-electron chi connectivity index (χ0n) is 8.26. The summed E-state index contributed by atoms with van der Waals surface area (Å²) in [6, 6.07) is 1.85. The van der Waals surface area contributed by atoms with Gasteiger partial charge in [-0.3, -0.25) is 9.59 Å². The van der Waals surface area contributed by atoms with E-state index in [1.54, 1.807) is 6.07 Å². The van der Waals surface area contributed by atoms with Crippen LogP contribution in [0.1, 0.15) is 15.9 Å². The van der Waals surface area contributed by atoms with Gasteiger partial charge in [0.05, 0.1) is 17.2 Å². The summed E-state index contributed by atoms with van der Waals surface area (Å²) < 4.78 is 37.5. The van der Waals surface area contributed by atoms with Crippen LogP contribution in [0.5, 0.6) is 0 Å². The maximum Gasteiger partial charge on any atom is 0.417 e. The minimum Gasteiger partial charge on any atom is -0.339 e. The average Bonchev–Trinajstić information content (AvgIpc) is 2.24. The number of aromatic nitrogens is 1. The number of nitrogens with one attached hydrogen (secondary N) is 2. The van der Waals surface area contributed by atoms with Gasteiger partial charge in [0.25, 0.3) is 5.91 Å². The van der Waals surface area contributed by atoms with Crippen molar-refractivity contribution in [3.63, 3.8) is 0 Å². The first-order valence-corrected chi connectivity index (χ1v) is 4.31. The van der Waals surface area contributed by atoms with E-state index in [1.807, 2.05) is 10.3 Å². The average molecular weight is 245 g/mol. The predicted octanol–water partition coefficient (Wildman–Crippen LogP) is 0.647. The van der Waals surface area contributed by atoms with Crippen molar-refractivity contribution in [3.05, 3.63) is 33.7 Å². The Kier molecular flexibility index (Phi) is 3.52. The van der Waals surface area contributed by atoms with Crippen LogP contribution < -0.4 is 10.9 Å². The monoisotopic (exact) mass is 245 g/mol. The standard InChI is InChI=1S/C9H6F3N3O2/c10-9(11,12)6-3-7(16)15-4-5(6)8(17)14-2-1-13/h3-4H,2H2,(H,14,17)(H,15,16). The molecule has 0 radical (unpaired) electrons. The van der Waals surface area contributed by atoms with Gasteiger partial charge < -0.3 is 10.3 Å². The van der Waals surface area contributed by atoms with Gasteiger partial charge in [0, 0.05) is 12.3 Å². The van der Waals surface area contributed by atoms with Crippen molar-refractivity contribution in [3.8, 4) is 6.07 Å². The number of amides is 1. The van der Waals surface area contributed by atoms with E-state index < -0.39 is 35.3 Å². The first-order chi connectivity index (χ1) is 7.86. The summed E-state index contributed by atoms with van der Waals surface area (Å²) in [4.78, 5) is 24.1. The highest BCUT2D eigenvalue weighted by Crippen LogP contribution is 2.30. The first-order valence-electron chi connectivity index (χ1n) is 4.31. The van der Waals surface area contributed by atoms with Crippen LogP contribution in [0.4, 0.5) is 13.2 Å². The number of rotatable bonds is 2. The fourth-order valence-corrected chi connectivity index (χ4v) is 1.11. The number of carbonyl (C=O) groups is 1. The Labute approximate surface area is 92.9 Å². The fourth-order valence-electron chi connectivity index (χ4n) is 1.11. The third kappa shape index (κ3) is 3.07. The van der Waals surface area contributed by atoms with Crippen molar-refractivity contribution in [2.45, 2.75) is 6.18 Å². The number of H-pyrrole nitrogens is 1. The van der Waals surface area contributed by atoms with Crippen molar-refractivity contribution in [1.82, 2.24) is 10.3 Å². The Morgan fingerprint density at radius 2 is 2.18 bits per heavy atom. The summed E-state index contributed by atoms with van der Waals surface area (Å²) in [7, 11) is 0. The first kappa shape index (κ1) is 12.8. The summed E-state index contributed by atoms with van der Waals surface area (Å²) in [5.74, 6) is -1.07. The van der Waals surface area contributed by atoms with Crippen molar-refractivity contribution in [2.24, 2.45) is 0 Å². The molecule has 1 aromatic rings. The molecular weight excluding hydrogens is 239 g/mol. The molecule has 1 aromatic heterocycles. The summed E-state index contributed by atoms with van der Waals surface area (Å²) in [5.41, 5.74) is -3.03. The highest BCUT2D eigenvalue weighted by molar-refractivity contribution is 5.95. The third-order valence-corrected chi connectivity index (χ3v) is 1.80. The van der Waals surface area contributed by atoms with Gasteiger partial charge in [0.15, 0.2) is 0 Å². The molecule has 0 atom stereocenters. The molecule has 0 aliphatic heterocycles. The molecule has 0 unspecified atom stereocenters. The molecule has 1 rings (SSSR count). The number of alkyl halides is 3. The second-order valence-electron chi connectivity index (χ2n) is 2.96. The van der Waals surface area contributed by atoms with E-state index >= 15 is 0 Å². The van der Waals surface area contributed by atoms with E-state index in [4.69, 9.17) is 5.26 Å². The molecule has 0 spiro atoms. The lowest BCUT2D eigenvalue weighted by Crippen LogP contribution is -2.28. The number of pyridine rings is 1. The quantitative estimate of drug-likeness (QED) is 0.750. The predicted molar refractivity (Wildman–Crippen MR) is 50.0 cm³/mol. The highest BCUT2D eigenvalue weighted by atomic mass is 19.4. The van der Waals surface area contributed by atoms with Crippen LogP contribution in [0, 0.1) is 11.3 Å². The molecule has 0 bridgehead atoms. The van der Waals surface area contributed by atoms with E-state index in [0.29, 0.717) is 12.3 Å². The number of hydrogen-bond donors (Lipinski definition) is 2. The van der Waals surface area contributed by atoms with Gasteiger partial charge in [0.1, 0.15) is 6.54 Å². The molecule has 5 nitrogen and oxygen atoms in total. The van der Waals surface area contributed by atoms with Crippen LogP contribution >= 0.6 is 0 Å². The molecule has 90 valence electrons. The number of aromatic amines is 1. The maximum atomic E-state index is 12.5. The number of carbonyl (C=O) groups excluding carboxylic acids is 1. The molecule has 8 heteroatoms. The normalized spacial score (nSPS) is 10.7. The van der Waals surface area contributed by atoms with Crippen LogP contribution in [0.25, 0.3) is 0 Å². The highest BCUT2D eigenvalue weighted by Gasteiger charge is 2.35. The van der Waals surface area contributed by atoms with Crippen molar-refractivity contribution in [2.75, 3.05) is 6.54 Å². The van der Waals surface area contributed by atoms with Crippen molar-refractivity contribution < 1.29 is 18.0 Å². The summed E-state index contributed by atoms with van der Waals surface area (Å²) in [6.45, 7) is -0.421. The van der Waals surface area contributed by atoms with E-state index in [9.17, 15) is 22.8 Å². The second-order valence-corrected chi connectivity index (χ2v) is 2.96. The molecule has 0 aliphatic carbocycles. The molecule has 2 N–H and O–H groups in total. The Bertz CT molecular complexity index is 528. The topological polar surface area (TPSA) is 85.8 Å². The van der Waals surface area contributed by atoms with Gasteiger partial charge in [-0.15, -0.1) is 0 Å². The van der Waals surface area contributed by atoms with E-state index in [1.165, 1.54) is 0 Å². The van der Waals surface area contributed by atoms with Crippen LogP contribution in [-0.2, 0) is 6.18 Å². The molecule has 1 heterocycles. The third-order valence-electron chi connectivity index (χ3n) is 1.80. The number of hydrogen-bond acceptors (Lipinski definition) is 3. The summed E-state index contributed by atoms with van der Waals surface area (Å²) in [5, 5.41) is 10.1. The number of halogens is 3. The molecule has 17 heavy (non-hydrogen) atoms. The summed E-state index contributed by atoms with van der Waals surface area (Å²) in [6.07, 6.45) is -4.15. The van der Waals surface area contributed by atoms with Crippen LogP contribution in [0.2, 0.25) is 0 Å². The SMILES string of the molecule is N#CCNC(=O)c1c[nH]c(=O)cc1C(F)(F)F. The molecule has 0 aliphatic rings. The number of nitriles is 1. The minimum atomic E-state index is -4.81.